The van der Waals surface area contributed by atoms with Crippen molar-refractivity contribution in [3.05, 3.63) is 113 Å². The van der Waals surface area contributed by atoms with Gasteiger partial charge >= 0.3 is 0 Å². The molecule has 0 saturated heterocycles. The van der Waals surface area contributed by atoms with Crippen molar-refractivity contribution < 1.29 is 9.53 Å². The van der Waals surface area contributed by atoms with E-state index in [4.69, 9.17) is 4.74 Å². The maximum atomic E-state index is 13.5. The molecule has 7 nitrogen and oxygen atoms in total. The molecule has 0 bridgehead atoms. The molecule has 0 saturated carbocycles. The van der Waals surface area contributed by atoms with Gasteiger partial charge in [-0.25, -0.2) is 4.68 Å². The van der Waals surface area contributed by atoms with E-state index in [1.807, 2.05) is 61.5 Å². The third-order valence-corrected chi connectivity index (χ3v) is 5.80. The zero-order chi connectivity index (χ0) is 23.5. The molecule has 1 amide bonds. The lowest BCUT2D eigenvalue weighted by molar-refractivity contribution is -0.113. The molecule has 170 valence electrons. The summed E-state index contributed by atoms with van der Waals surface area (Å²) >= 11 is 0. The first-order valence-corrected chi connectivity index (χ1v) is 11.1. The van der Waals surface area contributed by atoms with Gasteiger partial charge in [-0.15, -0.1) is 0 Å². The van der Waals surface area contributed by atoms with Gasteiger partial charge in [0.1, 0.15) is 24.7 Å². The normalized spacial score (nSPS) is 14.8. The summed E-state index contributed by atoms with van der Waals surface area (Å²) < 4.78 is 7.98. The van der Waals surface area contributed by atoms with Gasteiger partial charge in [0.25, 0.3) is 5.91 Å². The highest BCUT2D eigenvalue weighted by Gasteiger charge is 2.35. The summed E-state index contributed by atoms with van der Waals surface area (Å²) in [6.45, 7) is 4.35. The third kappa shape index (κ3) is 4.28. The second kappa shape index (κ2) is 9.23. The van der Waals surface area contributed by atoms with E-state index in [9.17, 15) is 4.79 Å². The SMILES string of the molecule is CC1=C(C(=O)Nc2ccccc2)[C@H](c2ccccc2OCc2ccc(C)cc2)n2ncnc2N1. The van der Waals surface area contributed by atoms with Crippen molar-refractivity contribution in [1.82, 2.24) is 14.8 Å². The molecule has 34 heavy (non-hydrogen) atoms. The third-order valence-electron chi connectivity index (χ3n) is 5.80. The second-order valence-electron chi connectivity index (χ2n) is 8.23. The molecule has 7 heteroatoms. The highest BCUT2D eigenvalue weighted by Crippen LogP contribution is 2.39. The summed E-state index contributed by atoms with van der Waals surface area (Å²) in [4.78, 5) is 17.8. The predicted octanol–water partition coefficient (Wildman–Crippen LogP) is 5.09. The molecule has 1 aliphatic rings. The number of nitrogens with one attached hydrogen (secondary N) is 2. The molecule has 2 heterocycles. The Bertz CT molecular complexity index is 1340. The van der Waals surface area contributed by atoms with Crippen LogP contribution in [0.25, 0.3) is 0 Å². The van der Waals surface area contributed by atoms with Crippen molar-refractivity contribution in [2.75, 3.05) is 10.6 Å². The average Bonchev–Trinajstić information content (AvgIpc) is 3.32. The summed E-state index contributed by atoms with van der Waals surface area (Å²) in [7, 11) is 0. The summed E-state index contributed by atoms with van der Waals surface area (Å²) in [5.74, 6) is 1.05. The molecule has 0 unspecified atom stereocenters. The lowest BCUT2D eigenvalue weighted by Crippen LogP contribution is -2.31. The lowest BCUT2D eigenvalue weighted by Gasteiger charge is -2.29. The van der Waals surface area contributed by atoms with E-state index in [-0.39, 0.29) is 5.91 Å². The number of para-hydroxylation sites is 2. The van der Waals surface area contributed by atoms with Crippen LogP contribution in [-0.4, -0.2) is 20.7 Å². The zero-order valence-corrected chi connectivity index (χ0v) is 19.0. The number of allylic oxidation sites excluding steroid dienone is 1. The Morgan fingerprint density at radius 1 is 1.00 bits per heavy atom. The molecule has 1 atom stereocenters. The topological polar surface area (TPSA) is 81.1 Å². The van der Waals surface area contributed by atoms with E-state index in [0.717, 1.165) is 16.8 Å². The fourth-order valence-electron chi connectivity index (χ4n) is 4.08. The Morgan fingerprint density at radius 2 is 1.74 bits per heavy atom. The number of ether oxygens (including phenoxy) is 1. The number of carbonyl (C=O) groups is 1. The van der Waals surface area contributed by atoms with Crippen LogP contribution in [0.5, 0.6) is 5.75 Å². The fraction of sp³-hybridized carbons (Fsp3) is 0.148. The highest BCUT2D eigenvalue weighted by atomic mass is 16.5. The summed E-state index contributed by atoms with van der Waals surface area (Å²) in [6, 6.07) is 24.9. The van der Waals surface area contributed by atoms with Crippen LogP contribution in [0.4, 0.5) is 11.6 Å². The summed E-state index contributed by atoms with van der Waals surface area (Å²) in [6.07, 6.45) is 1.48. The minimum Gasteiger partial charge on any atom is -0.489 e. The molecular weight excluding hydrogens is 426 g/mol. The van der Waals surface area contributed by atoms with Gasteiger partial charge in [0.2, 0.25) is 5.95 Å². The summed E-state index contributed by atoms with van der Waals surface area (Å²) in [5.41, 5.74) is 5.09. The van der Waals surface area contributed by atoms with E-state index >= 15 is 0 Å². The Kier molecular flexibility index (Phi) is 5.82. The van der Waals surface area contributed by atoms with Crippen LogP contribution in [-0.2, 0) is 11.4 Å². The average molecular weight is 452 g/mol. The number of carbonyl (C=O) groups excluding carboxylic acids is 1. The van der Waals surface area contributed by atoms with E-state index in [1.165, 1.54) is 11.9 Å². The number of nitrogens with zero attached hydrogens (tertiary/aromatic N) is 3. The Hall–Kier alpha value is -4.39. The van der Waals surface area contributed by atoms with Gasteiger partial charge < -0.3 is 15.4 Å². The van der Waals surface area contributed by atoms with E-state index in [0.29, 0.717) is 29.6 Å². The maximum absolute atomic E-state index is 13.5. The van der Waals surface area contributed by atoms with Gasteiger partial charge in [0, 0.05) is 16.9 Å². The molecule has 0 aliphatic carbocycles. The number of rotatable bonds is 6. The standard InChI is InChI=1S/C27H25N5O2/c1-18-12-14-20(15-13-18)16-34-23-11-7-6-10-22(23)25-24(19(2)30-27-28-17-29-32(25)27)26(33)31-21-8-4-3-5-9-21/h3-15,17,25H,16H2,1-2H3,(H,31,33)(H,28,29,30)/t25-/m0/s1. The fourth-order valence-corrected chi connectivity index (χ4v) is 4.08. The van der Waals surface area contributed by atoms with Crippen molar-refractivity contribution in [1.29, 1.82) is 0 Å². The molecule has 0 spiro atoms. The number of fused-ring (bicyclic) bond motifs is 1. The van der Waals surface area contributed by atoms with Crippen molar-refractivity contribution in [2.45, 2.75) is 26.5 Å². The molecule has 5 rings (SSSR count). The van der Waals surface area contributed by atoms with Crippen LogP contribution >= 0.6 is 0 Å². The minimum absolute atomic E-state index is 0.212. The number of amides is 1. The maximum Gasteiger partial charge on any atom is 0.255 e. The van der Waals surface area contributed by atoms with Gasteiger partial charge in [-0.3, -0.25) is 4.79 Å². The van der Waals surface area contributed by atoms with E-state index in [1.54, 1.807) is 4.68 Å². The first kappa shape index (κ1) is 21.5. The smallest absolute Gasteiger partial charge is 0.255 e. The van der Waals surface area contributed by atoms with E-state index in [2.05, 4.69) is 51.9 Å². The summed E-state index contributed by atoms with van der Waals surface area (Å²) in [5, 5.41) is 10.6. The quantitative estimate of drug-likeness (QED) is 0.427. The van der Waals surface area contributed by atoms with Crippen LogP contribution in [0.1, 0.15) is 29.7 Å². The number of aryl methyl sites for hydroxylation is 1. The van der Waals surface area contributed by atoms with Crippen LogP contribution in [0.2, 0.25) is 0 Å². The number of hydrogen-bond acceptors (Lipinski definition) is 5. The Labute approximate surface area is 198 Å². The van der Waals surface area contributed by atoms with Crippen LogP contribution in [0, 0.1) is 6.92 Å². The highest BCUT2D eigenvalue weighted by molar-refractivity contribution is 6.06. The number of aromatic nitrogens is 3. The van der Waals surface area contributed by atoms with Crippen molar-refractivity contribution in [3.63, 3.8) is 0 Å². The molecule has 3 aromatic carbocycles. The Balaban J connectivity index is 1.51. The van der Waals surface area contributed by atoms with Gasteiger partial charge in [-0.2, -0.15) is 10.1 Å². The number of benzene rings is 3. The molecule has 0 fully saturated rings. The van der Waals surface area contributed by atoms with Gasteiger partial charge in [-0.05, 0) is 37.6 Å². The molecule has 0 radical (unpaired) electrons. The van der Waals surface area contributed by atoms with E-state index < -0.39 is 6.04 Å². The van der Waals surface area contributed by atoms with Crippen molar-refractivity contribution in [3.8, 4) is 5.75 Å². The first-order valence-electron chi connectivity index (χ1n) is 11.1. The zero-order valence-electron chi connectivity index (χ0n) is 19.0. The first-order chi connectivity index (χ1) is 16.6. The van der Waals surface area contributed by atoms with Crippen molar-refractivity contribution in [2.24, 2.45) is 0 Å². The number of anilines is 2. The van der Waals surface area contributed by atoms with Crippen LogP contribution in [0.15, 0.2) is 96.5 Å². The van der Waals surface area contributed by atoms with Gasteiger partial charge in [0.05, 0.1) is 5.57 Å². The monoisotopic (exact) mass is 451 g/mol. The molecule has 4 aromatic rings. The van der Waals surface area contributed by atoms with Crippen LogP contribution in [0.3, 0.4) is 0 Å². The largest absolute Gasteiger partial charge is 0.489 e. The van der Waals surface area contributed by atoms with Gasteiger partial charge in [0.15, 0.2) is 0 Å². The Morgan fingerprint density at radius 3 is 2.53 bits per heavy atom. The lowest BCUT2D eigenvalue weighted by atomic mass is 9.94. The predicted molar refractivity (Wildman–Crippen MR) is 132 cm³/mol. The van der Waals surface area contributed by atoms with Crippen LogP contribution < -0.4 is 15.4 Å². The molecule has 1 aromatic heterocycles. The van der Waals surface area contributed by atoms with Gasteiger partial charge in [-0.1, -0.05) is 66.2 Å². The minimum atomic E-state index is -0.503. The molecule has 2 N–H and O–H groups in total. The molecule has 1 aliphatic heterocycles. The number of hydrogen-bond donors (Lipinski definition) is 2. The molecular formula is C27H25N5O2. The second-order valence-corrected chi connectivity index (χ2v) is 8.23. The van der Waals surface area contributed by atoms with Crippen molar-refractivity contribution >= 4 is 17.5 Å².